The van der Waals surface area contributed by atoms with Gasteiger partial charge in [0.15, 0.2) is 0 Å². The van der Waals surface area contributed by atoms with Crippen LogP contribution in [0.15, 0.2) is 97.1 Å². The number of hydrogen-bond acceptors (Lipinski definition) is 5. The van der Waals surface area contributed by atoms with Gasteiger partial charge < -0.3 is 19.5 Å². The molecule has 1 heterocycles. The molecule has 1 aliphatic rings. The average Bonchev–Trinajstić information content (AvgIpc) is 2.98. The molecular formula is C32H30N2O5. The molecule has 0 bridgehead atoms. The molecule has 4 aromatic rings. The zero-order chi connectivity index (χ0) is 27.4. The van der Waals surface area contributed by atoms with E-state index in [0.29, 0.717) is 40.6 Å². The number of nitrogens with one attached hydrogen (secondary N) is 1. The Hall–Kier alpha value is -4.78. The fraction of sp³-hybridized carbons (Fsp3) is 0.188. The highest BCUT2D eigenvalue weighted by Crippen LogP contribution is 2.46. The van der Waals surface area contributed by atoms with Crippen LogP contribution < -0.4 is 24.4 Å². The molecule has 2 unspecified atom stereocenters. The van der Waals surface area contributed by atoms with Gasteiger partial charge in [0, 0.05) is 16.9 Å². The summed E-state index contributed by atoms with van der Waals surface area (Å²) in [7, 11) is 3.20. The second kappa shape index (κ2) is 11.3. The number of carbonyl (C=O) groups excluding carboxylic acids is 2. The summed E-state index contributed by atoms with van der Waals surface area (Å²) < 4.78 is 16.2. The fourth-order valence-corrected chi connectivity index (χ4v) is 5.01. The van der Waals surface area contributed by atoms with Crippen molar-refractivity contribution in [2.24, 2.45) is 0 Å². The third-order valence-electron chi connectivity index (χ3n) is 6.86. The molecule has 2 amide bonds. The van der Waals surface area contributed by atoms with Crippen molar-refractivity contribution in [3.05, 3.63) is 114 Å². The van der Waals surface area contributed by atoms with E-state index < -0.39 is 12.0 Å². The molecular weight excluding hydrogens is 492 g/mol. The van der Waals surface area contributed by atoms with Gasteiger partial charge in [-0.1, -0.05) is 30.3 Å². The fourth-order valence-electron chi connectivity index (χ4n) is 5.01. The lowest BCUT2D eigenvalue weighted by Crippen LogP contribution is -2.46. The molecule has 4 aromatic carbocycles. The highest BCUT2D eigenvalue weighted by Gasteiger charge is 2.45. The predicted molar refractivity (Wildman–Crippen MR) is 151 cm³/mol. The predicted octanol–water partition coefficient (Wildman–Crippen LogP) is 6.23. The van der Waals surface area contributed by atoms with E-state index in [4.69, 9.17) is 14.2 Å². The summed E-state index contributed by atoms with van der Waals surface area (Å²) in [5.74, 6) is 0.995. The van der Waals surface area contributed by atoms with Gasteiger partial charge in [0.2, 0.25) is 5.91 Å². The van der Waals surface area contributed by atoms with E-state index in [-0.39, 0.29) is 11.8 Å². The number of nitrogens with zero attached hydrogens (tertiary/aromatic N) is 1. The first-order chi connectivity index (χ1) is 19.0. The lowest BCUT2D eigenvalue weighted by Gasteiger charge is -2.42. The summed E-state index contributed by atoms with van der Waals surface area (Å²) in [6.45, 7) is 2.48. The summed E-state index contributed by atoms with van der Waals surface area (Å²) in [5, 5.41) is 3.07. The van der Waals surface area contributed by atoms with Gasteiger partial charge in [-0.05, 0) is 84.8 Å². The first-order valence-corrected chi connectivity index (χ1v) is 12.8. The normalized spacial score (nSPS) is 16.3. The van der Waals surface area contributed by atoms with Crippen molar-refractivity contribution in [3.63, 3.8) is 0 Å². The summed E-state index contributed by atoms with van der Waals surface area (Å²) in [6.07, 6.45) is 0. The molecule has 0 saturated heterocycles. The smallest absolute Gasteiger partial charge is 0.259 e. The van der Waals surface area contributed by atoms with Crippen LogP contribution in [0.1, 0.15) is 40.4 Å². The number of amides is 2. The van der Waals surface area contributed by atoms with Gasteiger partial charge >= 0.3 is 0 Å². The van der Waals surface area contributed by atoms with Crippen LogP contribution in [0, 0.1) is 0 Å². The summed E-state index contributed by atoms with van der Waals surface area (Å²) in [6, 6.07) is 28.7. The van der Waals surface area contributed by atoms with Gasteiger partial charge in [-0.25, -0.2) is 0 Å². The van der Waals surface area contributed by atoms with Crippen LogP contribution >= 0.6 is 0 Å². The molecule has 0 fully saturated rings. The van der Waals surface area contributed by atoms with Gasteiger partial charge in [-0.2, -0.15) is 0 Å². The number of carbonyl (C=O) groups is 2. The zero-order valence-corrected chi connectivity index (χ0v) is 22.1. The zero-order valence-electron chi connectivity index (χ0n) is 22.1. The number of fused-ring (bicyclic) bond motifs is 1. The Bertz CT molecular complexity index is 1450. The van der Waals surface area contributed by atoms with E-state index in [2.05, 4.69) is 5.32 Å². The number of hydrogen-bond donors (Lipinski definition) is 1. The van der Waals surface area contributed by atoms with Crippen LogP contribution in [0.25, 0.3) is 0 Å². The third-order valence-corrected chi connectivity index (χ3v) is 6.86. The minimum absolute atomic E-state index is 0.179. The van der Waals surface area contributed by atoms with Crippen molar-refractivity contribution >= 4 is 23.2 Å². The van der Waals surface area contributed by atoms with E-state index in [9.17, 15) is 9.59 Å². The molecule has 0 spiro atoms. The minimum atomic E-state index is -0.694. The van der Waals surface area contributed by atoms with Crippen LogP contribution in [0.3, 0.4) is 0 Å². The van der Waals surface area contributed by atoms with Crippen molar-refractivity contribution in [1.82, 2.24) is 0 Å². The highest BCUT2D eigenvalue weighted by atomic mass is 16.5. The van der Waals surface area contributed by atoms with Crippen LogP contribution in [-0.4, -0.2) is 32.6 Å². The first-order valence-electron chi connectivity index (χ1n) is 12.8. The molecule has 0 aromatic heterocycles. The molecule has 7 nitrogen and oxygen atoms in total. The lowest BCUT2D eigenvalue weighted by atomic mass is 9.78. The Kier molecular flexibility index (Phi) is 7.50. The van der Waals surface area contributed by atoms with E-state index in [1.807, 2.05) is 97.9 Å². The second-order valence-corrected chi connectivity index (χ2v) is 9.10. The van der Waals surface area contributed by atoms with E-state index in [1.165, 1.54) is 0 Å². The largest absolute Gasteiger partial charge is 0.497 e. The van der Waals surface area contributed by atoms with Crippen molar-refractivity contribution in [1.29, 1.82) is 0 Å². The standard InChI is InChI=1S/C32H30N2O5/c1-4-39-26-17-11-22(12-18-26)33-31(35)29-27-7-5-6-8-28(27)32(36)34(23-13-19-25(38-3)20-14-23)30(29)21-9-15-24(37-2)16-10-21/h5-20,29-30H,4H2,1-3H3,(H,33,35). The Morgan fingerprint density at radius 1 is 0.795 bits per heavy atom. The van der Waals surface area contributed by atoms with Crippen molar-refractivity contribution in [3.8, 4) is 17.2 Å². The maximum Gasteiger partial charge on any atom is 0.259 e. The first kappa shape index (κ1) is 25.9. The summed E-state index contributed by atoms with van der Waals surface area (Å²) >= 11 is 0. The Balaban J connectivity index is 1.63. The molecule has 5 rings (SSSR count). The molecule has 0 aliphatic carbocycles. The number of methoxy groups -OCH3 is 2. The van der Waals surface area contributed by atoms with Gasteiger partial charge in [-0.15, -0.1) is 0 Å². The summed E-state index contributed by atoms with van der Waals surface area (Å²) in [4.78, 5) is 29.8. The average molecular weight is 523 g/mol. The number of rotatable bonds is 8. The molecule has 0 radical (unpaired) electrons. The van der Waals surface area contributed by atoms with Crippen LogP contribution in [0.2, 0.25) is 0 Å². The van der Waals surface area contributed by atoms with E-state index in [1.54, 1.807) is 25.2 Å². The number of ether oxygens (including phenoxy) is 3. The highest BCUT2D eigenvalue weighted by molar-refractivity contribution is 6.12. The van der Waals surface area contributed by atoms with Gasteiger partial charge in [0.25, 0.3) is 5.91 Å². The maximum absolute atomic E-state index is 14.1. The molecule has 198 valence electrons. The van der Waals surface area contributed by atoms with E-state index >= 15 is 0 Å². The number of anilines is 2. The molecule has 7 heteroatoms. The van der Waals surface area contributed by atoms with E-state index in [0.717, 1.165) is 11.3 Å². The van der Waals surface area contributed by atoms with Crippen molar-refractivity contribution < 1.29 is 23.8 Å². The maximum atomic E-state index is 14.1. The van der Waals surface area contributed by atoms with Gasteiger partial charge in [0.1, 0.15) is 17.2 Å². The molecule has 39 heavy (non-hydrogen) atoms. The Morgan fingerprint density at radius 2 is 1.38 bits per heavy atom. The third kappa shape index (κ3) is 5.16. The lowest BCUT2D eigenvalue weighted by molar-refractivity contribution is -0.118. The van der Waals surface area contributed by atoms with Gasteiger partial charge in [0.05, 0.1) is 32.8 Å². The number of benzene rings is 4. The quantitative estimate of drug-likeness (QED) is 0.297. The van der Waals surface area contributed by atoms with Gasteiger partial charge in [-0.3, -0.25) is 14.5 Å². The second-order valence-electron chi connectivity index (χ2n) is 9.10. The Labute approximate surface area is 227 Å². The molecule has 0 saturated carbocycles. The Morgan fingerprint density at radius 3 is 2.00 bits per heavy atom. The summed E-state index contributed by atoms with van der Waals surface area (Å²) in [5.41, 5.74) is 3.28. The van der Waals surface area contributed by atoms with Crippen LogP contribution in [-0.2, 0) is 4.79 Å². The SMILES string of the molecule is CCOc1ccc(NC(=O)C2c3ccccc3C(=O)N(c3ccc(OC)cc3)C2c2ccc(OC)cc2)cc1. The molecule has 1 N–H and O–H groups in total. The van der Waals surface area contributed by atoms with Crippen molar-refractivity contribution in [2.45, 2.75) is 18.9 Å². The monoisotopic (exact) mass is 522 g/mol. The molecule has 1 aliphatic heterocycles. The topological polar surface area (TPSA) is 77.1 Å². The van der Waals surface area contributed by atoms with Crippen LogP contribution in [0.4, 0.5) is 11.4 Å². The molecule has 2 atom stereocenters. The van der Waals surface area contributed by atoms with Crippen molar-refractivity contribution in [2.75, 3.05) is 31.0 Å². The van der Waals surface area contributed by atoms with Crippen LogP contribution in [0.5, 0.6) is 17.2 Å². The minimum Gasteiger partial charge on any atom is -0.497 e.